The highest BCUT2D eigenvalue weighted by Gasteiger charge is 2.03. The second-order valence-corrected chi connectivity index (χ2v) is 7.16. The van der Waals surface area contributed by atoms with Crippen LogP contribution in [0.2, 0.25) is 0 Å². The maximum absolute atomic E-state index is 9.50. The summed E-state index contributed by atoms with van der Waals surface area (Å²) in [6, 6.07) is 23.9. The standard InChI is InChI=1S/C18H16.C9H12.CH3F/c1-3-13-14(4-2)16-10-6-8-12-18(16)17-11-7-5-9-15(13)17;1-7-4-8(2)6-9(3)5-7;1-2/h3-12H,1-2H3;4-6H,1-3H3;1H3/b13-3+,14-4+;;. The molecule has 0 fully saturated rings. The molecule has 4 rings (SSSR count). The molecule has 29 heavy (non-hydrogen) atoms. The Morgan fingerprint density at radius 2 is 0.793 bits per heavy atom. The third-order valence-electron chi connectivity index (χ3n) is 4.96. The Bertz CT molecular complexity index is 1090. The van der Waals surface area contributed by atoms with Gasteiger partial charge in [0.05, 0.1) is 7.18 Å². The van der Waals surface area contributed by atoms with Gasteiger partial charge in [-0.25, -0.2) is 0 Å². The van der Waals surface area contributed by atoms with Crippen molar-refractivity contribution >= 4 is 33.7 Å². The van der Waals surface area contributed by atoms with Gasteiger partial charge in [0, 0.05) is 0 Å². The van der Waals surface area contributed by atoms with E-state index in [2.05, 4.69) is 114 Å². The van der Waals surface area contributed by atoms with Crippen molar-refractivity contribution in [3.8, 4) is 0 Å². The highest BCUT2D eigenvalue weighted by Crippen LogP contribution is 2.19. The van der Waals surface area contributed by atoms with Gasteiger partial charge < -0.3 is 0 Å². The van der Waals surface area contributed by atoms with Crippen LogP contribution in [-0.4, -0.2) is 7.18 Å². The summed E-state index contributed by atoms with van der Waals surface area (Å²) in [5.41, 5.74) is 4.06. The molecule has 0 saturated carbocycles. The van der Waals surface area contributed by atoms with Crippen LogP contribution < -0.4 is 10.4 Å². The summed E-state index contributed by atoms with van der Waals surface area (Å²) in [6.07, 6.45) is 4.42. The summed E-state index contributed by atoms with van der Waals surface area (Å²) in [6.45, 7) is 10.6. The predicted octanol–water partition coefficient (Wildman–Crippen LogP) is 6.79. The van der Waals surface area contributed by atoms with Gasteiger partial charge in [0.2, 0.25) is 0 Å². The molecule has 0 spiro atoms. The number of alkyl halides is 1. The van der Waals surface area contributed by atoms with Crippen LogP contribution in [0.25, 0.3) is 33.7 Å². The molecule has 0 N–H and O–H groups in total. The first-order valence-corrected chi connectivity index (χ1v) is 10.00. The number of rotatable bonds is 0. The first kappa shape index (κ1) is 22.4. The molecule has 0 nitrogen and oxygen atoms in total. The molecular weight excluding hydrogens is 355 g/mol. The van der Waals surface area contributed by atoms with Crippen molar-refractivity contribution in [1.29, 1.82) is 0 Å². The molecule has 0 radical (unpaired) electrons. The quantitative estimate of drug-likeness (QED) is 0.292. The highest BCUT2D eigenvalue weighted by molar-refractivity contribution is 6.08. The Balaban J connectivity index is 0.000000231. The van der Waals surface area contributed by atoms with Crippen LogP contribution >= 0.6 is 0 Å². The number of hydrogen-bond donors (Lipinski definition) is 0. The van der Waals surface area contributed by atoms with Gasteiger partial charge in [0.1, 0.15) is 0 Å². The fourth-order valence-corrected chi connectivity index (χ4v) is 4.02. The average Bonchev–Trinajstić information content (AvgIpc) is 2.73. The first-order chi connectivity index (χ1) is 14.0. The molecule has 0 atom stereocenters. The van der Waals surface area contributed by atoms with E-state index in [4.69, 9.17) is 0 Å². The van der Waals surface area contributed by atoms with E-state index in [1.807, 2.05) is 0 Å². The second kappa shape index (κ2) is 10.6. The maximum atomic E-state index is 9.50. The third-order valence-corrected chi connectivity index (χ3v) is 4.96. The SMILES string of the molecule is C/C=c1\c(=C/C)c2ccccc2c2ccccc12.CF.Cc1cc(C)cc(C)c1. The van der Waals surface area contributed by atoms with Crippen molar-refractivity contribution in [2.45, 2.75) is 34.6 Å². The normalized spacial score (nSPS) is 11.7. The molecule has 0 amide bonds. The second-order valence-electron chi connectivity index (χ2n) is 7.16. The third kappa shape index (κ3) is 5.12. The summed E-state index contributed by atoms with van der Waals surface area (Å²) in [4.78, 5) is 0. The first-order valence-electron chi connectivity index (χ1n) is 10.00. The van der Waals surface area contributed by atoms with Gasteiger partial charge in [0.15, 0.2) is 0 Å². The van der Waals surface area contributed by atoms with E-state index in [-0.39, 0.29) is 0 Å². The Kier molecular flexibility index (Phi) is 8.15. The van der Waals surface area contributed by atoms with E-state index < -0.39 is 0 Å². The molecule has 0 aliphatic heterocycles. The Morgan fingerprint density at radius 3 is 1.07 bits per heavy atom. The van der Waals surface area contributed by atoms with Gasteiger partial charge in [-0.05, 0) is 66.6 Å². The fraction of sp³-hybridized carbons (Fsp3) is 0.214. The molecule has 150 valence electrons. The van der Waals surface area contributed by atoms with Crippen LogP contribution in [-0.2, 0) is 0 Å². The lowest BCUT2D eigenvalue weighted by atomic mass is 9.97. The lowest BCUT2D eigenvalue weighted by molar-refractivity contribution is 0.636. The summed E-state index contributed by atoms with van der Waals surface area (Å²) in [7, 11) is 0.500. The minimum atomic E-state index is 0.500. The smallest absolute Gasteiger partial charge is 0.0785 e. The summed E-state index contributed by atoms with van der Waals surface area (Å²) in [5, 5.41) is 8.04. The monoisotopic (exact) mass is 386 g/mol. The van der Waals surface area contributed by atoms with Crippen molar-refractivity contribution in [2.75, 3.05) is 7.18 Å². The van der Waals surface area contributed by atoms with Crippen LogP contribution in [0.4, 0.5) is 4.39 Å². The van der Waals surface area contributed by atoms with E-state index in [0.29, 0.717) is 7.18 Å². The van der Waals surface area contributed by atoms with E-state index in [1.165, 1.54) is 48.7 Å². The minimum absolute atomic E-state index is 0.500. The lowest BCUT2D eigenvalue weighted by Gasteiger charge is -2.06. The van der Waals surface area contributed by atoms with Crippen molar-refractivity contribution in [3.05, 3.63) is 93.9 Å². The number of hydrogen-bond acceptors (Lipinski definition) is 0. The van der Waals surface area contributed by atoms with Crippen LogP contribution in [0.3, 0.4) is 0 Å². The molecule has 0 saturated heterocycles. The summed E-state index contributed by atoms with van der Waals surface area (Å²) < 4.78 is 9.50. The molecule has 0 unspecified atom stereocenters. The summed E-state index contributed by atoms with van der Waals surface area (Å²) in [5.74, 6) is 0. The van der Waals surface area contributed by atoms with E-state index in [1.54, 1.807) is 0 Å². The van der Waals surface area contributed by atoms with Gasteiger partial charge in [0.25, 0.3) is 0 Å². The minimum Gasteiger partial charge on any atom is -0.255 e. The number of aryl methyl sites for hydroxylation is 3. The Labute approximate surface area is 174 Å². The zero-order chi connectivity index (χ0) is 21.4. The molecule has 4 aromatic carbocycles. The van der Waals surface area contributed by atoms with Crippen molar-refractivity contribution in [2.24, 2.45) is 0 Å². The van der Waals surface area contributed by atoms with E-state index in [9.17, 15) is 4.39 Å². The molecule has 0 aromatic heterocycles. The highest BCUT2D eigenvalue weighted by atomic mass is 19.1. The number of fused-ring (bicyclic) bond motifs is 3. The molecule has 1 heteroatoms. The molecule has 4 aromatic rings. The van der Waals surface area contributed by atoms with Gasteiger partial charge in [-0.1, -0.05) is 95.6 Å². The topological polar surface area (TPSA) is 0 Å². The Morgan fingerprint density at radius 1 is 0.517 bits per heavy atom. The number of halogens is 1. The van der Waals surface area contributed by atoms with Gasteiger partial charge in [-0.3, -0.25) is 4.39 Å². The fourth-order valence-electron chi connectivity index (χ4n) is 4.02. The van der Waals surface area contributed by atoms with Crippen molar-refractivity contribution < 1.29 is 4.39 Å². The van der Waals surface area contributed by atoms with Crippen LogP contribution in [0.5, 0.6) is 0 Å². The van der Waals surface area contributed by atoms with Gasteiger partial charge >= 0.3 is 0 Å². The lowest BCUT2D eigenvalue weighted by Crippen LogP contribution is -2.25. The largest absolute Gasteiger partial charge is 0.255 e. The van der Waals surface area contributed by atoms with Gasteiger partial charge in [-0.15, -0.1) is 0 Å². The zero-order valence-corrected chi connectivity index (χ0v) is 18.4. The van der Waals surface area contributed by atoms with E-state index in [0.717, 1.165) is 0 Å². The molecular formula is C28H31F. The predicted molar refractivity (Wildman–Crippen MR) is 129 cm³/mol. The maximum Gasteiger partial charge on any atom is 0.0785 e. The Hall–Kier alpha value is -2.93. The van der Waals surface area contributed by atoms with Crippen molar-refractivity contribution in [1.82, 2.24) is 0 Å². The van der Waals surface area contributed by atoms with Crippen LogP contribution in [0.15, 0.2) is 66.7 Å². The zero-order valence-electron chi connectivity index (χ0n) is 18.4. The molecule has 0 bridgehead atoms. The summed E-state index contributed by atoms with van der Waals surface area (Å²) >= 11 is 0. The van der Waals surface area contributed by atoms with Crippen molar-refractivity contribution in [3.63, 3.8) is 0 Å². The molecule has 0 heterocycles. The van der Waals surface area contributed by atoms with Crippen LogP contribution in [0.1, 0.15) is 30.5 Å². The molecule has 0 aliphatic carbocycles. The van der Waals surface area contributed by atoms with E-state index >= 15 is 0 Å². The van der Waals surface area contributed by atoms with Gasteiger partial charge in [-0.2, -0.15) is 0 Å². The number of benzene rings is 4. The average molecular weight is 387 g/mol. The van der Waals surface area contributed by atoms with Crippen LogP contribution in [0, 0.1) is 20.8 Å². The molecule has 0 aliphatic rings.